The number of hydrogen-bond donors (Lipinski definition) is 3. The Bertz CT molecular complexity index is 319. The maximum absolute atomic E-state index is 8.57. The summed E-state index contributed by atoms with van der Waals surface area (Å²) in [4.78, 5) is 8.25. The minimum atomic E-state index is 0. The molecule has 0 spiro atoms. The molecule has 0 radical (unpaired) electrons. The van der Waals surface area contributed by atoms with Gasteiger partial charge in [0.25, 0.3) is 0 Å². The number of aliphatic hydroxyl groups is 1. The molecule has 0 aliphatic heterocycles. The van der Waals surface area contributed by atoms with Crippen molar-refractivity contribution in [3.05, 3.63) is 30.1 Å². The zero-order valence-electron chi connectivity index (χ0n) is 9.67. The summed E-state index contributed by atoms with van der Waals surface area (Å²) in [7, 11) is 0. The molecule has 0 fully saturated rings. The van der Waals surface area contributed by atoms with Crippen molar-refractivity contribution in [2.75, 3.05) is 19.7 Å². The molecule has 5 nitrogen and oxygen atoms in total. The molecule has 1 rings (SSSR count). The summed E-state index contributed by atoms with van der Waals surface area (Å²) >= 11 is 0. The molecule has 0 aliphatic rings. The zero-order chi connectivity index (χ0) is 11.6. The molecule has 0 amide bonds. The van der Waals surface area contributed by atoms with Gasteiger partial charge in [0.1, 0.15) is 0 Å². The van der Waals surface area contributed by atoms with Crippen LogP contribution in [0, 0.1) is 0 Å². The number of nitrogens with zero attached hydrogens (tertiary/aromatic N) is 2. The molecule has 0 atom stereocenters. The van der Waals surface area contributed by atoms with Gasteiger partial charge in [-0.2, -0.15) is 0 Å². The van der Waals surface area contributed by atoms with Crippen LogP contribution in [-0.4, -0.2) is 35.7 Å². The summed E-state index contributed by atoms with van der Waals surface area (Å²) in [5.41, 5.74) is 6.64. The Kier molecular flexibility index (Phi) is 9.74. The standard InChI is InChI=1S/C11H18N4O.HI/c12-11(14-7-3-9-16)15-8-5-10-4-1-2-6-13-10;/h1-2,4,6,16H,3,5,7-9H2,(H3,12,14,15);1H. The summed E-state index contributed by atoms with van der Waals surface area (Å²) in [6, 6.07) is 5.82. The van der Waals surface area contributed by atoms with Crippen LogP contribution in [-0.2, 0) is 6.42 Å². The lowest BCUT2D eigenvalue weighted by molar-refractivity contribution is 0.291. The fraction of sp³-hybridized carbons (Fsp3) is 0.455. The van der Waals surface area contributed by atoms with Gasteiger partial charge in [0.2, 0.25) is 0 Å². The van der Waals surface area contributed by atoms with Crippen molar-refractivity contribution < 1.29 is 5.11 Å². The van der Waals surface area contributed by atoms with Crippen molar-refractivity contribution in [2.24, 2.45) is 10.7 Å². The Balaban J connectivity index is 0.00000256. The lowest BCUT2D eigenvalue weighted by atomic mass is 10.3. The van der Waals surface area contributed by atoms with Gasteiger partial charge in [0.15, 0.2) is 5.96 Å². The Morgan fingerprint density at radius 3 is 2.94 bits per heavy atom. The van der Waals surface area contributed by atoms with Gasteiger partial charge in [-0.25, -0.2) is 0 Å². The van der Waals surface area contributed by atoms with E-state index < -0.39 is 0 Å². The van der Waals surface area contributed by atoms with E-state index in [9.17, 15) is 0 Å². The van der Waals surface area contributed by atoms with Crippen LogP contribution >= 0.6 is 24.0 Å². The normalized spacial score (nSPS) is 10.8. The van der Waals surface area contributed by atoms with E-state index in [1.165, 1.54) is 0 Å². The van der Waals surface area contributed by atoms with Crippen LogP contribution < -0.4 is 11.1 Å². The third-order valence-corrected chi connectivity index (χ3v) is 2.01. The number of halogens is 1. The predicted molar refractivity (Wildman–Crippen MR) is 79.6 cm³/mol. The van der Waals surface area contributed by atoms with Gasteiger partial charge in [-0.05, 0) is 18.6 Å². The molecule has 96 valence electrons. The van der Waals surface area contributed by atoms with Gasteiger partial charge in [-0.15, -0.1) is 24.0 Å². The monoisotopic (exact) mass is 350 g/mol. The van der Waals surface area contributed by atoms with Crippen LogP contribution in [0.3, 0.4) is 0 Å². The third-order valence-electron chi connectivity index (χ3n) is 2.01. The van der Waals surface area contributed by atoms with Crippen molar-refractivity contribution >= 4 is 29.9 Å². The number of aliphatic imine (C=N–C) groups is 1. The Labute approximate surface area is 119 Å². The van der Waals surface area contributed by atoms with Crippen LogP contribution in [0.5, 0.6) is 0 Å². The number of hydrogen-bond acceptors (Lipinski definition) is 3. The van der Waals surface area contributed by atoms with E-state index >= 15 is 0 Å². The Morgan fingerprint density at radius 1 is 1.47 bits per heavy atom. The van der Waals surface area contributed by atoms with E-state index in [0.717, 1.165) is 12.1 Å². The maximum atomic E-state index is 8.57. The van der Waals surface area contributed by atoms with Crippen molar-refractivity contribution in [3.63, 3.8) is 0 Å². The quantitative estimate of drug-likeness (QED) is 0.303. The van der Waals surface area contributed by atoms with Crippen molar-refractivity contribution in [1.29, 1.82) is 0 Å². The molecular weight excluding hydrogens is 331 g/mol. The molecular formula is C11H19IN4O. The molecule has 1 aromatic rings. The van der Waals surface area contributed by atoms with E-state index in [0.29, 0.717) is 25.5 Å². The highest BCUT2D eigenvalue weighted by Crippen LogP contribution is 1.92. The van der Waals surface area contributed by atoms with Gasteiger partial charge < -0.3 is 16.2 Å². The van der Waals surface area contributed by atoms with Crippen LogP contribution in [0.4, 0.5) is 0 Å². The maximum Gasteiger partial charge on any atom is 0.188 e. The molecule has 0 aliphatic carbocycles. The molecule has 17 heavy (non-hydrogen) atoms. The van der Waals surface area contributed by atoms with E-state index in [2.05, 4.69) is 15.3 Å². The molecule has 1 aromatic heterocycles. The van der Waals surface area contributed by atoms with Crippen LogP contribution in [0.1, 0.15) is 12.1 Å². The highest BCUT2D eigenvalue weighted by atomic mass is 127. The fourth-order valence-corrected chi connectivity index (χ4v) is 1.19. The van der Waals surface area contributed by atoms with E-state index in [1.54, 1.807) is 6.20 Å². The summed E-state index contributed by atoms with van der Waals surface area (Å²) in [6.07, 6.45) is 3.23. The first kappa shape index (κ1) is 16.1. The summed E-state index contributed by atoms with van der Waals surface area (Å²) in [5, 5.41) is 11.6. The second kappa shape index (κ2) is 10.3. The molecule has 6 heteroatoms. The van der Waals surface area contributed by atoms with Gasteiger partial charge in [-0.1, -0.05) is 6.07 Å². The van der Waals surface area contributed by atoms with Crippen molar-refractivity contribution in [1.82, 2.24) is 10.3 Å². The minimum absolute atomic E-state index is 0. The largest absolute Gasteiger partial charge is 0.396 e. The molecule has 0 aromatic carbocycles. The fourth-order valence-electron chi connectivity index (χ4n) is 1.19. The molecule has 0 bridgehead atoms. The average molecular weight is 350 g/mol. The predicted octanol–water partition coefficient (Wildman–Crippen LogP) is 0.529. The molecule has 0 unspecified atom stereocenters. The number of guanidine groups is 1. The minimum Gasteiger partial charge on any atom is -0.396 e. The van der Waals surface area contributed by atoms with Crippen LogP contribution in [0.25, 0.3) is 0 Å². The summed E-state index contributed by atoms with van der Waals surface area (Å²) in [6.45, 7) is 1.41. The molecule has 1 heterocycles. The summed E-state index contributed by atoms with van der Waals surface area (Å²) < 4.78 is 0. The number of aliphatic hydroxyl groups excluding tert-OH is 1. The van der Waals surface area contributed by atoms with Gasteiger partial charge in [0, 0.05) is 38.0 Å². The van der Waals surface area contributed by atoms with Gasteiger partial charge in [0.05, 0.1) is 0 Å². The summed E-state index contributed by atoms with van der Waals surface area (Å²) in [5.74, 6) is 0.421. The second-order valence-corrected chi connectivity index (χ2v) is 3.34. The molecule has 0 saturated carbocycles. The number of nitrogens with two attached hydrogens (primary N) is 1. The van der Waals surface area contributed by atoms with E-state index in [-0.39, 0.29) is 30.6 Å². The lowest BCUT2D eigenvalue weighted by Crippen LogP contribution is -2.33. The SMILES string of the molecule is I.NC(=NCCCO)NCCc1ccccn1. The topological polar surface area (TPSA) is 83.5 Å². The number of rotatable bonds is 6. The second-order valence-electron chi connectivity index (χ2n) is 3.34. The van der Waals surface area contributed by atoms with Crippen LogP contribution in [0.15, 0.2) is 29.4 Å². The third kappa shape index (κ3) is 7.92. The molecule has 4 N–H and O–H groups in total. The number of pyridine rings is 1. The van der Waals surface area contributed by atoms with E-state index in [4.69, 9.17) is 10.8 Å². The highest BCUT2D eigenvalue weighted by Gasteiger charge is 1.94. The molecule has 0 saturated heterocycles. The first-order valence-corrected chi connectivity index (χ1v) is 5.37. The first-order valence-electron chi connectivity index (χ1n) is 5.37. The van der Waals surface area contributed by atoms with Gasteiger partial charge in [-0.3, -0.25) is 9.98 Å². The van der Waals surface area contributed by atoms with Crippen LogP contribution in [0.2, 0.25) is 0 Å². The zero-order valence-corrected chi connectivity index (χ0v) is 12.0. The highest BCUT2D eigenvalue weighted by molar-refractivity contribution is 14.0. The lowest BCUT2D eigenvalue weighted by Gasteiger charge is -2.04. The number of nitrogens with one attached hydrogen (secondary N) is 1. The Morgan fingerprint density at radius 2 is 2.29 bits per heavy atom. The first-order chi connectivity index (χ1) is 7.83. The average Bonchev–Trinajstić information content (AvgIpc) is 2.31. The van der Waals surface area contributed by atoms with Crippen molar-refractivity contribution in [3.8, 4) is 0 Å². The number of aromatic nitrogens is 1. The van der Waals surface area contributed by atoms with Crippen molar-refractivity contribution in [2.45, 2.75) is 12.8 Å². The smallest absolute Gasteiger partial charge is 0.188 e. The van der Waals surface area contributed by atoms with Gasteiger partial charge >= 0.3 is 0 Å². The Hall–Kier alpha value is -0.890. The van der Waals surface area contributed by atoms with E-state index in [1.807, 2.05) is 18.2 Å².